The molecule has 5 heteroatoms. The number of ether oxygens (including phenoxy) is 1. The maximum atomic E-state index is 11.3. The highest BCUT2D eigenvalue weighted by molar-refractivity contribution is 5.92. The molecule has 1 aliphatic carbocycles. The quantitative estimate of drug-likeness (QED) is 0.433. The van der Waals surface area contributed by atoms with Gasteiger partial charge >= 0.3 is 11.9 Å². The second-order valence-electron chi connectivity index (χ2n) is 5.32. The summed E-state index contributed by atoms with van der Waals surface area (Å²) in [4.78, 5) is 22.3. The first-order valence-corrected chi connectivity index (χ1v) is 5.97. The number of carbonyl (C=O) groups is 2. The average Bonchev–Trinajstić information content (AvgIpc) is 2.31. The molecule has 2 fully saturated rings. The van der Waals surface area contributed by atoms with Crippen molar-refractivity contribution in [3.63, 3.8) is 0 Å². The summed E-state index contributed by atoms with van der Waals surface area (Å²) in [6, 6.07) is 1.75. The highest BCUT2D eigenvalue weighted by Crippen LogP contribution is 2.48. The van der Waals surface area contributed by atoms with E-state index in [2.05, 4.69) is 6.92 Å². The molecule has 0 radical (unpaired) electrons. The third-order valence-electron chi connectivity index (χ3n) is 4.13. The first kappa shape index (κ1) is 12.6. The Kier molecular flexibility index (Phi) is 3.12. The van der Waals surface area contributed by atoms with Crippen molar-refractivity contribution in [2.45, 2.75) is 32.6 Å². The topological polar surface area (TPSA) is 87.4 Å². The van der Waals surface area contributed by atoms with E-state index >= 15 is 0 Å². The van der Waals surface area contributed by atoms with Crippen LogP contribution in [0, 0.1) is 22.7 Å². The number of aliphatic carboxylic acids is 1. The Labute approximate surface area is 105 Å². The third kappa shape index (κ3) is 2.10. The molecule has 0 bridgehead atoms. The van der Waals surface area contributed by atoms with Gasteiger partial charge in [0, 0.05) is 11.8 Å². The number of hydrogen-bond acceptors (Lipinski definition) is 4. The number of hydrogen-bond donors (Lipinski definition) is 1. The molecule has 0 aromatic heterocycles. The van der Waals surface area contributed by atoms with Crippen LogP contribution in [0.25, 0.3) is 0 Å². The Morgan fingerprint density at radius 3 is 2.89 bits per heavy atom. The van der Waals surface area contributed by atoms with E-state index in [1.54, 1.807) is 6.07 Å². The van der Waals surface area contributed by atoms with Crippen LogP contribution in [0.5, 0.6) is 0 Å². The molecule has 2 aliphatic rings. The van der Waals surface area contributed by atoms with Crippen LogP contribution in [0.3, 0.4) is 0 Å². The van der Waals surface area contributed by atoms with E-state index < -0.39 is 5.97 Å². The van der Waals surface area contributed by atoms with E-state index in [1.807, 2.05) is 0 Å². The number of carbonyl (C=O) groups excluding carboxylic acids is 1. The minimum atomic E-state index is -1.17. The maximum absolute atomic E-state index is 11.3. The number of rotatable bonds is 1. The van der Waals surface area contributed by atoms with E-state index in [9.17, 15) is 9.59 Å². The molecule has 0 aromatic rings. The lowest BCUT2D eigenvalue weighted by atomic mass is 9.64. The van der Waals surface area contributed by atoms with Gasteiger partial charge in [0.05, 0.1) is 6.61 Å². The number of carboxylic acid groups (broad SMARTS) is 1. The number of allylic oxidation sites excluding steroid dienone is 1. The second-order valence-corrected chi connectivity index (χ2v) is 5.32. The van der Waals surface area contributed by atoms with Crippen LogP contribution in [-0.4, -0.2) is 23.7 Å². The first-order chi connectivity index (χ1) is 8.46. The van der Waals surface area contributed by atoms with E-state index in [-0.39, 0.29) is 22.9 Å². The predicted octanol–water partition coefficient (Wildman–Crippen LogP) is 1.64. The third-order valence-corrected chi connectivity index (χ3v) is 4.13. The number of carboxylic acids is 1. The normalized spacial score (nSPS) is 34.0. The number of fused-ring (bicyclic) bond motifs is 1. The second kappa shape index (κ2) is 4.45. The minimum absolute atomic E-state index is 0.0729. The summed E-state index contributed by atoms with van der Waals surface area (Å²) in [5, 5.41) is 17.8. The molecule has 5 nitrogen and oxygen atoms in total. The lowest BCUT2D eigenvalue weighted by Crippen LogP contribution is -2.42. The summed E-state index contributed by atoms with van der Waals surface area (Å²) in [5.41, 5.74) is 0.439. The van der Waals surface area contributed by atoms with E-state index in [0.717, 1.165) is 6.42 Å². The number of cyclic esters (lactones) is 1. The molecule has 2 atom stereocenters. The Bertz CT molecular complexity index is 474. The van der Waals surface area contributed by atoms with Gasteiger partial charge in [-0.2, -0.15) is 5.26 Å². The average molecular weight is 249 g/mol. The molecule has 2 rings (SSSR count). The van der Waals surface area contributed by atoms with E-state index in [0.29, 0.717) is 31.4 Å². The molecule has 0 amide bonds. The van der Waals surface area contributed by atoms with Crippen LogP contribution in [0.2, 0.25) is 0 Å². The molecular weight excluding hydrogens is 234 g/mol. The van der Waals surface area contributed by atoms with E-state index in [1.165, 1.54) is 0 Å². The Hall–Kier alpha value is -1.83. The summed E-state index contributed by atoms with van der Waals surface area (Å²) in [5.74, 6) is -1.31. The summed E-state index contributed by atoms with van der Waals surface area (Å²) < 4.78 is 5.08. The molecular formula is C13H15NO4. The van der Waals surface area contributed by atoms with Gasteiger partial charge in [-0.1, -0.05) is 6.92 Å². The van der Waals surface area contributed by atoms with Gasteiger partial charge in [0.25, 0.3) is 0 Å². The van der Waals surface area contributed by atoms with Gasteiger partial charge < -0.3 is 9.84 Å². The molecule has 1 saturated carbocycles. The number of esters is 1. The zero-order valence-corrected chi connectivity index (χ0v) is 10.2. The van der Waals surface area contributed by atoms with Gasteiger partial charge in [-0.05, 0) is 30.8 Å². The van der Waals surface area contributed by atoms with Crippen LogP contribution < -0.4 is 0 Å². The van der Waals surface area contributed by atoms with Gasteiger partial charge in [-0.15, -0.1) is 0 Å². The van der Waals surface area contributed by atoms with Gasteiger partial charge in [-0.25, -0.2) is 4.79 Å². The number of nitrogens with zero attached hydrogens (tertiary/aromatic N) is 1. The Balaban J connectivity index is 2.26. The fraction of sp³-hybridized carbons (Fsp3) is 0.615. The van der Waals surface area contributed by atoms with Crippen molar-refractivity contribution in [2.75, 3.05) is 6.61 Å². The van der Waals surface area contributed by atoms with Crippen molar-refractivity contribution in [2.24, 2.45) is 11.3 Å². The van der Waals surface area contributed by atoms with E-state index in [4.69, 9.17) is 15.1 Å². The molecule has 0 aromatic carbocycles. The van der Waals surface area contributed by atoms with Crippen molar-refractivity contribution in [1.82, 2.24) is 0 Å². The van der Waals surface area contributed by atoms with Crippen LogP contribution in [0.4, 0.5) is 0 Å². The molecule has 96 valence electrons. The molecule has 1 aliphatic heterocycles. The zero-order chi connectivity index (χ0) is 13.3. The molecule has 0 spiro atoms. The van der Waals surface area contributed by atoms with Crippen molar-refractivity contribution in [3.05, 3.63) is 11.1 Å². The largest absolute Gasteiger partial charge is 0.477 e. The SMILES string of the molecule is CC12CC/C(=C(\C#N)C(=O)O)CC1CC(=O)OC2. The van der Waals surface area contributed by atoms with Crippen molar-refractivity contribution in [1.29, 1.82) is 5.26 Å². The highest BCUT2D eigenvalue weighted by Gasteiger charge is 2.44. The zero-order valence-electron chi connectivity index (χ0n) is 10.2. The van der Waals surface area contributed by atoms with Gasteiger partial charge in [0.2, 0.25) is 0 Å². The minimum Gasteiger partial charge on any atom is -0.477 e. The maximum Gasteiger partial charge on any atom is 0.346 e. The van der Waals surface area contributed by atoms with Crippen LogP contribution >= 0.6 is 0 Å². The summed E-state index contributed by atoms with van der Waals surface area (Å²) in [6.07, 6.45) is 2.19. The van der Waals surface area contributed by atoms with Crippen molar-refractivity contribution >= 4 is 11.9 Å². The smallest absolute Gasteiger partial charge is 0.346 e. The lowest BCUT2D eigenvalue weighted by molar-refractivity contribution is -0.160. The monoisotopic (exact) mass is 249 g/mol. The Morgan fingerprint density at radius 1 is 1.56 bits per heavy atom. The molecule has 1 heterocycles. The first-order valence-electron chi connectivity index (χ1n) is 5.97. The molecule has 2 unspecified atom stereocenters. The summed E-state index contributed by atoms with van der Waals surface area (Å²) >= 11 is 0. The van der Waals surface area contributed by atoms with Crippen molar-refractivity contribution < 1.29 is 19.4 Å². The van der Waals surface area contributed by atoms with Crippen LogP contribution in [0.15, 0.2) is 11.1 Å². The molecule has 18 heavy (non-hydrogen) atoms. The summed E-state index contributed by atoms with van der Waals surface area (Å²) in [6.45, 7) is 2.46. The van der Waals surface area contributed by atoms with Crippen LogP contribution in [-0.2, 0) is 14.3 Å². The molecule has 1 saturated heterocycles. The fourth-order valence-corrected chi connectivity index (χ4v) is 2.81. The van der Waals surface area contributed by atoms with Gasteiger partial charge in [0.1, 0.15) is 11.6 Å². The standard InChI is InChI=1S/C13H15NO4/c1-13-3-2-8(10(6-14)12(16)17)4-9(13)5-11(15)18-7-13/h9H,2-5,7H2,1H3,(H,16,17)/b10-8-. The van der Waals surface area contributed by atoms with Crippen LogP contribution in [0.1, 0.15) is 32.6 Å². The highest BCUT2D eigenvalue weighted by atomic mass is 16.5. The van der Waals surface area contributed by atoms with Crippen molar-refractivity contribution in [3.8, 4) is 6.07 Å². The summed E-state index contributed by atoms with van der Waals surface area (Å²) in [7, 11) is 0. The van der Waals surface area contributed by atoms with Gasteiger partial charge in [-0.3, -0.25) is 4.79 Å². The Morgan fingerprint density at radius 2 is 2.28 bits per heavy atom. The van der Waals surface area contributed by atoms with Gasteiger partial charge in [0.15, 0.2) is 0 Å². The molecule has 1 N–H and O–H groups in total. The lowest BCUT2D eigenvalue weighted by Gasteiger charge is -2.44. The number of nitriles is 1. The fourth-order valence-electron chi connectivity index (χ4n) is 2.81. The predicted molar refractivity (Wildman–Crippen MR) is 61.3 cm³/mol.